The first-order valence-corrected chi connectivity index (χ1v) is 13.4. The van der Waals surface area contributed by atoms with E-state index in [1.807, 2.05) is 30.0 Å². The molecule has 1 atom stereocenters. The van der Waals surface area contributed by atoms with Crippen LogP contribution >= 0.6 is 23.1 Å². The van der Waals surface area contributed by atoms with Crippen LogP contribution in [0.2, 0.25) is 0 Å². The van der Waals surface area contributed by atoms with E-state index in [-0.39, 0.29) is 0 Å². The maximum absolute atomic E-state index is 5.30. The van der Waals surface area contributed by atoms with Gasteiger partial charge in [0.05, 0.1) is 28.1 Å². The summed E-state index contributed by atoms with van der Waals surface area (Å²) in [4.78, 5) is 9.43. The van der Waals surface area contributed by atoms with Crippen molar-refractivity contribution < 1.29 is 4.74 Å². The number of fused-ring (bicyclic) bond motifs is 1. The predicted octanol–water partition coefficient (Wildman–Crippen LogP) is 7.94. The number of thioether (sulfide) groups is 1. The van der Waals surface area contributed by atoms with Crippen molar-refractivity contribution in [3.8, 4) is 5.75 Å². The number of aliphatic imine (C=N–C) groups is 1. The van der Waals surface area contributed by atoms with Crippen LogP contribution in [0.1, 0.15) is 37.3 Å². The number of aromatic nitrogens is 1. The molecule has 1 N–H and O–H groups in total. The smallest absolute Gasteiger partial charge is 0.183 e. The molecule has 4 aromatic rings. The molecule has 0 radical (unpaired) electrons. The summed E-state index contributed by atoms with van der Waals surface area (Å²) in [6.45, 7) is 5.24. The van der Waals surface area contributed by atoms with Gasteiger partial charge in [0.2, 0.25) is 0 Å². The van der Waals surface area contributed by atoms with E-state index in [2.05, 4.69) is 78.7 Å². The highest BCUT2D eigenvalue weighted by molar-refractivity contribution is 8.13. The van der Waals surface area contributed by atoms with Crippen LogP contribution < -0.4 is 10.1 Å². The SMILES string of the molecule is COc1ccc2nc(NCCc3ccc(N=C(C)SCCC(C)c4ccccc4)cc3)sc2c1. The highest BCUT2D eigenvalue weighted by Gasteiger charge is 2.06. The summed E-state index contributed by atoms with van der Waals surface area (Å²) >= 11 is 3.50. The van der Waals surface area contributed by atoms with Gasteiger partial charge in [0, 0.05) is 6.54 Å². The van der Waals surface area contributed by atoms with Gasteiger partial charge in [0.1, 0.15) is 5.75 Å². The lowest BCUT2D eigenvalue weighted by molar-refractivity contribution is 0.415. The molecule has 176 valence electrons. The summed E-state index contributed by atoms with van der Waals surface area (Å²) in [6.07, 6.45) is 2.09. The van der Waals surface area contributed by atoms with E-state index >= 15 is 0 Å². The minimum atomic E-state index is 0.569. The molecule has 0 saturated heterocycles. The summed E-state index contributed by atoms with van der Waals surface area (Å²) in [6, 6.07) is 25.2. The van der Waals surface area contributed by atoms with Crippen molar-refractivity contribution in [3.05, 3.63) is 83.9 Å². The van der Waals surface area contributed by atoms with Crippen LogP contribution in [0.15, 0.2) is 77.8 Å². The Bertz CT molecular complexity index is 1220. The number of methoxy groups -OCH3 is 1. The third-order valence-corrected chi connectivity index (χ3v) is 7.66. The quantitative estimate of drug-likeness (QED) is 0.181. The van der Waals surface area contributed by atoms with Gasteiger partial charge in [-0.15, -0.1) is 11.8 Å². The minimum Gasteiger partial charge on any atom is -0.497 e. The first-order valence-electron chi connectivity index (χ1n) is 11.6. The third kappa shape index (κ3) is 6.84. The third-order valence-electron chi connectivity index (χ3n) is 5.74. The molecule has 0 saturated carbocycles. The Morgan fingerprint density at radius 1 is 1.09 bits per heavy atom. The van der Waals surface area contributed by atoms with Crippen molar-refractivity contribution in [2.75, 3.05) is 24.7 Å². The number of hydrogen-bond acceptors (Lipinski definition) is 6. The number of nitrogens with zero attached hydrogens (tertiary/aromatic N) is 2. The molecule has 1 heterocycles. The maximum Gasteiger partial charge on any atom is 0.183 e. The number of nitrogens with one attached hydrogen (secondary N) is 1. The standard InChI is InChI=1S/C28H31N3OS2/c1-20(23-7-5-4-6-8-23)16-18-33-21(2)30-24-11-9-22(10-12-24)15-17-29-28-31-26-14-13-25(32-3)19-27(26)34-28/h4-14,19-20H,15-18H2,1-3H3,(H,29,31). The molecule has 0 fully saturated rings. The second-order valence-corrected chi connectivity index (χ2v) is 10.6. The van der Waals surface area contributed by atoms with E-state index in [1.54, 1.807) is 18.4 Å². The van der Waals surface area contributed by atoms with E-state index in [4.69, 9.17) is 9.73 Å². The molecule has 0 amide bonds. The highest BCUT2D eigenvalue weighted by Crippen LogP contribution is 2.29. The Labute approximate surface area is 210 Å². The molecule has 34 heavy (non-hydrogen) atoms. The van der Waals surface area contributed by atoms with Crippen molar-refractivity contribution >= 4 is 49.2 Å². The van der Waals surface area contributed by atoms with Crippen LogP contribution in [-0.2, 0) is 6.42 Å². The molecular weight excluding hydrogens is 458 g/mol. The van der Waals surface area contributed by atoms with E-state index in [9.17, 15) is 0 Å². The first kappa shape index (κ1) is 24.3. The van der Waals surface area contributed by atoms with Crippen LogP contribution in [0, 0.1) is 0 Å². The number of benzene rings is 3. The highest BCUT2D eigenvalue weighted by atomic mass is 32.2. The molecule has 3 aromatic carbocycles. The topological polar surface area (TPSA) is 46.5 Å². The fourth-order valence-corrected chi connectivity index (χ4v) is 5.56. The largest absolute Gasteiger partial charge is 0.497 e. The number of ether oxygens (including phenoxy) is 1. The molecule has 1 aromatic heterocycles. The monoisotopic (exact) mass is 489 g/mol. The number of thiazole rings is 1. The zero-order valence-electron chi connectivity index (χ0n) is 20.0. The molecule has 0 bridgehead atoms. The Kier molecular flexibility index (Phi) is 8.61. The van der Waals surface area contributed by atoms with Crippen LogP contribution in [0.5, 0.6) is 5.75 Å². The zero-order chi connectivity index (χ0) is 23.8. The van der Waals surface area contributed by atoms with E-state index in [1.165, 1.54) is 11.1 Å². The van der Waals surface area contributed by atoms with Gasteiger partial charge in [0.15, 0.2) is 5.13 Å². The Hall–Kier alpha value is -2.83. The minimum absolute atomic E-state index is 0.569. The van der Waals surface area contributed by atoms with Crippen molar-refractivity contribution in [2.45, 2.75) is 32.6 Å². The van der Waals surface area contributed by atoms with Crippen molar-refractivity contribution in [1.82, 2.24) is 4.98 Å². The van der Waals surface area contributed by atoms with Gasteiger partial charge in [-0.2, -0.15) is 0 Å². The van der Waals surface area contributed by atoms with E-state index in [0.29, 0.717) is 5.92 Å². The molecule has 0 aliphatic carbocycles. The lowest BCUT2D eigenvalue weighted by Gasteiger charge is -2.11. The van der Waals surface area contributed by atoms with Crippen LogP contribution in [-0.4, -0.2) is 29.4 Å². The molecule has 6 heteroatoms. The number of anilines is 1. The average molecular weight is 490 g/mol. The molecule has 0 spiro atoms. The number of hydrogen-bond donors (Lipinski definition) is 1. The maximum atomic E-state index is 5.30. The second-order valence-electron chi connectivity index (χ2n) is 8.28. The van der Waals surface area contributed by atoms with Gasteiger partial charge in [0.25, 0.3) is 0 Å². The Morgan fingerprint density at radius 3 is 2.65 bits per heavy atom. The normalized spacial score (nSPS) is 12.6. The van der Waals surface area contributed by atoms with Gasteiger partial charge in [-0.05, 0) is 72.9 Å². The molecule has 1 unspecified atom stereocenters. The zero-order valence-corrected chi connectivity index (χ0v) is 21.6. The average Bonchev–Trinajstić information content (AvgIpc) is 3.27. The predicted molar refractivity (Wildman–Crippen MR) is 150 cm³/mol. The summed E-state index contributed by atoms with van der Waals surface area (Å²) in [5.74, 6) is 2.51. The van der Waals surface area contributed by atoms with Crippen LogP contribution in [0.4, 0.5) is 10.8 Å². The van der Waals surface area contributed by atoms with Crippen molar-refractivity contribution in [2.24, 2.45) is 4.99 Å². The lowest BCUT2D eigenvalue weighted by atomic mass is 9.99. The molecule has 0 aliphatic rings. The van der Waals surface area contributed by atoms with E-state index in [0.717, 1.165) is 57.0 Å². The van der Waals surface area contributed by atoms with Gasteiger partial charge >= 0.3 is 0 Å². The fraction of sp³-hybridized carbons (Fsp3) is 0.286. The van der Waals surface area contributed by atoms with Crippen molar-refractivity contribution in [1.29, 1.82) is 0 Å². The molecule has 4 nitrogen and oxygen atoms in total. The van der Waals surface area contributed by atoms with Crippen LogP contribution in [0.3, 0.4) is 0 Å². The van der Waals surface area contributed by atoms with E-state index < -0.39 is 0 Å². The Balaban J connectivity index is 1.22. The molecular formula is C28H31N3OS2. The lowest BCUT2D eigenvalue weighted by Crippen LogP contribution is -2.04. The summed E-state index contributed by atoms with van der Waals surface area (Å²) in [5, 5.41) is 5.50. The second kappa shape index (κ2) is 12.0. The summed E-state index contributed by atoms with van der Waals surface area (Å²) in [7, 11) is 1.69. The Morgan fingerprint density at radius 2 is 1.88 bits per heavy atom. The summed E-state index contributed by atoms with van der Waals surface area (Å²) in [5.41, 5.74) is 4.71. The fourth-order valence-electron chi connectivity index (χ4n) is 3.70. The number of rotatable bonds is 10. The van der Waals surface area contributed by atoms with Crippen LogP contribution in [0.25, 0.3) is 10.2 Å². The van der Waals surface area contributed by atoms with Gasteiger partial charge in [-0.25, -0.2) is 9.98 Å². The first-order chi connectivity index (χ1) is 16.6. The van der Waals surface area contributed by atoms with Gasteiger partial charge in [-0.3, -0.25) is 0 Å². The van der Waals surface area contributed by atoms with Crippen molar-refractivity contribution in [3.63, 3.8) is 0 Å². The van der Waals surface area contributed by atoms with Gasteiger partial charge in [-0.1, -0.05) is 60.7 Å². The van der Waals surface area contributed by atoms with Gasteiger partial charge < -0.3 is 10.1 Å². The molecule has 0 aliphatic heterocycles. The summed E-state index contributed by atoms with van der Waals surface area (Å²) < 4.78 is 6.43. The molecule has 4 rings (SSSR count).